The van der Waals surface area contributed by atoms with Crippen molar-refractivity contribution in [1.82, 2.24) is 5.32 Å². The van der Waals surface area contributed by atoms with Crippen LogP contribution in [-0.4, -0.2) is 45.2 Å². The van der Waals surface area contributed by atoms with E-state index in [2.05, 4.69) is 12.2 Å². The summed E-state index contributed by atoms with van der Waals surface area (Å²) in [4.78, 5) is 0. The molecule has 4 nitrogen and oxygen atoms in total. The fourth-order valence-corrected chi connectivity index (χ4v) is 3.33. The zero-order valence-electron chi connectivity index (χ0n) is 11.7. The molecule has 5 heteroatoms. The molecule has 1 fully saturated rings. The van der Waals surface area contributed by atoms with Gasteiger partial charge in [-0.25, -0.2) is 8.42 Å². The number of nitrogens with one attached hydrogen (secondary N) is 1. The summed E-state index contributed by atoms with van der Waals surface area (Å²) in [7, 11) is -2.83. The molecule has 1 rings (SSSR count). The Morgan fingerprint density at radius 3 is 2.67 bits per heavy atom. The van der Waals surface area contributed by atoms with E-state index in [9.17, 15) is 8.42 Å². The highest BCUT2D eigenvalue weighted by molar-refractivity contribution is 7.91. The Balaban J connectivity index is 2.37. The largest absolute Gasteiger partial charge is 0.377 e. The number of ether oxygens (including phenoxy) is 1. The third-order valence-electron chi connectivity index (χ3n) is 3.54. The van der Waals surface area contributed by atoms with Crippen LogP contribution in [0.3, 0.4) is 0 Å². The van der Waals surface area contributed by atoms with E-state index in [1.807, 2.05) is 0 Å². The summed E-state index contributed by atoms with van der Waals surface area (Å²) in [6.07, 6.45) is 5.35. The van der Waals surface area contributed by atoms with Crippen LogP contribution in [0.1, 0.15) is 46.0 Å². The van der Waals surface area contributed by atoms with E-state index in [1.54, 1.807) is 6.92 Å². The van der Waals surface area contributed by atoms with E-state index in [-0.39, 0.29) is 11.9 Å². The summed E-state index contributed by atoms with van der Waals surface area (Å²) in [5.74, 6) is 0.552. The fraction of sp³-hybridized carbons (Fsp3) is 1.00. The van der Waals surface area contributed by atoms with E-state index in [4.69, 9.17) is 4.74 Å². The van der Waals surface area contributed by atoms with Crippen molar-refractivity contribution in [2.45, 2.75) is 58.1 Å². The second kappa shape index (κ2) is 8.12. The topological polar surface area (TPSA) is 55.4 Å². The molecule has 0 amide bonds. The van der Waals surface area contributed by atoms with Crippen LogP contribution < -0.4 is 5.32 Å². The van der Waals surface area contributed by atoms with Crippen molar-refractivity contribution in [2.24, 2.45) is 0 Å². The van der Waals surface area contributed by atoms with Crippen LogP contribution in [0.5, 0.6) is 0 Å². The van der Waals surface area contributed by atoms with Gasteiger partial charge in [0.15, 0.2) is 0 Å². The first-order valence-electron chi connectivity index (χ1n) is 7.14. The number of likely N-dealkylation sites (N-methyl/N-ethyl adjacent to an activating group) is 1. The first kappa shape index (κ1) is 15.9. The van der Waals surface area contributed by atoms with Crippen LogP contribution in [0.25, 0.3) is 0 Å². The molecular weight excluding hydrogens is 250 g/mol. The van der Waals surface area contributed by atoms with Crippen LogP contribution in [0, 0.1) is 0 Å². The minimum absolute atomic E-state index is 0.249. The van der Waals surface area contributed by atoms with Crippen molar-refractivity contribution < 1.29 is 13.2 Å². The highest BCUT2D eigenvalue weighted by Crippen LogP contribution is 2.19. The molecule has 18 heavy (non-hydrogen) atoms. The molecule has 0 saturated carbocycles. The monoisotopic (exact) mass is 277 g/mol. The van der Waals surface area contributed by atoms with Gasteiger partial charge in [0.1, 0.15) is 9.84 Å². The summed E-state index contributed by atoms with van der Waals surface area (Å²) < 4.78 is 28.7. The van der Waals surface area contributed by atoms with Gasteiger partial charge >= 0.3 is 0 Å². The van der Waals surface area contributed by atoms with Gasteiger partial charge in [0.2, 0.25) is 0 Å². The van der Waals surface area contributed by atoms with Crippen molar-refractivity contribution in [3.8, 4) is 0 Å². The molecule has 0 bridgehead atoms. The van der Waals surface area contributed by atoms with Crippen molar-refractivity contribution in [2.75, 3.05) is 24.7 Å². The number of rotatable bonds is 8. The van der Waals surface area contributed by atoms with Gasteiger partial charge in [-0.05, 0) is 38.6 Å². The molecule has 0 aromatic heterocycles. The van der Waals surface area contributed by atoms with Crippen LogP contribution >= 0.6 is 0 Å². The first-order chi connectivity index (χ1) is 8.59. The SMILES string of the molecule is CCNC(CCCS(=O)(=O)CC)C1CCCCO1. The van der Waals surface area contributed by atoms with E-state index in [1.165, 1.54) is 6.42 Å². The van der Waals surface area contributed by atoms with Gasteiger partial charge in [0, 0.05) is 18.4 Å². The first-order valence-corrected chi connectivity index (χ1v) is 8.96. The lowest BCUT2D eigenvalue weighted by Crippen LogP contribution is -2.43. The molecule has 1 aliphatic rings. The van der Waals surface area contributed by atoms with Gasteiger partial charge < -0.3 is 10.1 Å². The molecule has 1 heterocycles. The van der Waals surface area contributed by atoms with E-state index < -0.39 is 9.84 Å². The highest BCUT2D eigenvalue weighted by Gasteiger charge is 2.23. The quantitative estimate of drug-likeness (QED) is 0.734. The second-order valence-electron chi connectivity index (χ2n) is 4.95. The maximum absolute atomic E-state index is 11.5. The maximum atomic E-state index is 11.5. The third kappa shape index (κ3) is 5.67. The molecule has 0 spiro atoms. The summed E-state index contributed by atoms with van der Waals surface area (Å²) in [5, 5.41) is 3.44. The average Bonchev–Trinajstić information content (AvgIpc) is 2.39. The normalized spacial score (nSPS) is 22.9. The van der Waals surface area contributed by atoms with E-state index in [0.29, 0.717) is 11.8 Å². The summed E-state index contributed by atoms with van der Waals surface area (Å²) in [6, 6.07) is 0.308. The van der Waals surface area contributed by atoms with Gasteiger partial charge in [0.25, 0.3) is 0 Å². The van der Waals surface area contributed by atoms with Gasteiger partial charge in [0.05, 0.1) is 11.9 Å². The summed E-state index contributed by atoms with van der Waals surface area (Å²) >= 11 is 0. The molecule has 1 N–H and O–H groups in total. The number of hydrogen-bond donors (Lipinski definition) is 1. The van der Waals surface area contributed by atoms with E-state index in [0.717, 1.165) is 38.8 Å². The minimum atomic E-state index is -2.83. The Bertz CT molecular complexity index is 310. The highest BCUT2D eigenvalue weighted by atomic mass is 32.2. The summed E-state index contributed by atoms with van der Waals surface area (Å²) in [5.41, 5.74) is 0. The maximum Gasteiger partial charge on any atom is 0.150 e. The Kier molecular flexibility index (Phi) is 7.19. The lowest BCUT2D eigenvalue weighted by molar-refractivity contribution is -0.00902. The molecule has 2 atom stereocenters. The van der Waals surface area contributed by atoms with Gasteiger partial charge in [-0.1, -0.05) is 13.8 Å². The Morgan fingerprint density at radius 1 is 1.33 bits per heavy atom. The van der Waals surface area contributed by atoms with E-state index >= 15 is 0 Å². The lowest BCUT2D eigenvalue weighted by atomic mass is 9.98. The molecule has 2 unspecified atom stereocenters. The Morgan fingerprint density at radius 2 is 2.11 bits per heavy atom. The van der Waals surface area contributed by atoms with Crippen LogP contribution in [0.2, 0.25) is 0 Å². The minimum Gasteiger partial charge on any atom is -0.377 e. The standard InChI is InChI=1S/C13H27NO3S/c1-3-14-12(13-9-5-6-10-17-13)8-7-11-18(15,16)4-2/h12-14H,3-11H2,1-2H3. The third-order valence-corrected chi connectivity index (χ3v) is 5.33. The van der Waals surface area contributed by atoms with Crippen molar-refractivity contribution in [3.05, 3.63) is 0 Å². The molecule has 0 aliphatic carbocycles. The Hall–Kier alpha value is -0.130. The number of sulfone groups is 1. The van der Waals surface area contributed by atoms with Crippen molar-refractivity contribution in [3.63, 3.8) is 0 Å². The molecule has 0 aromatic carbocycles. The zero-order chi connectivity index (χ0) is 13.4. The molecule has 1 aliphatic heterocycles. The second-order valence-corrected chi connectivity index (χ2v) is 7.42. The predicted molar refractivity (Wildman–Crippen MR) is 74.6 cm³/mol. The average molecular weight is 277 g/mol. The fourth-order valence-electron chi connectivity index (χ4n) is 2.43. The lowest BCUT2D eigenvalue weighted by Gasteiger charge is -2.31. The zero-order valence-corrected chi connectivity index (χ0v) is 12.5. The van der Waals surface area contributed by atoms with Crippen LogP contribution in [-0.2, 0) is 14.6 Å². The molecule has 108 valence electrons. The number of hydrogen-bond acceptors (Lipinski definition) is 4. The molecule has 0 radical (unpaired) electrons. The van der Waals surface area contributed by atoms with Crippen molar-refractivity contribution >= 4 is 9.84 Å². The van der Waals surface area contributed by atoms with Crippen LogP contribution in [0.4, 0.5) is 0 Å². The van der Waals surface area contributed by atoms with Gasteiger partial charge in [-0.15, -0.1) is 0 Å². The van der Waals surface area contributed by atoms with Gasteiger partial charge in [-0.2, -0.15) is 0 Å². The molecule has 0 aromatic rings. The summed E-state index contributed by atoms with van der Waals surface area (Å²) in [6.45, 7) is 5.55. The smallest absolute Gasteiger partial charge is 0.150 e. The molecular formula is C13H27NO3S. The Labute approximate surface area is 111 Å². The van der Waals surface area contributed by atoms with Gasteiger partial charge in [-0.3, -0.25) is 0 Å². The van der Waals surface area contributed by atoms with Crippen molar-refractivity contribution in [1.29, 1.82) is 0 Å². The predicted octanol–water partition coefficient (Wildman–Crippen LogP) is 1.75. The van der Waals surface area contributed by atoms with Crippen LogP contribution in [0.15, 0.2) is 0 Å². The molecule has 1 saturated heterocycles.